The van der Waals surface area contributed by atoms with E-state index in [2.05, 4.69) is 19.9 Å². The number of hydrogen-bond donors (Lipinski definition) is 2. The minimum Gasteiger partial charge on any atom is -0.465 e. The van der Waals surface area contributed by atoms with Crippen molar-refractivity contribution < 1.29 is 30.8 Å². The van der Waals surface area contributed by atoms with Crippen LogP contribution < -0.4 is 11.1 Å². The summed E-state index contributed by atoms with van der Waals surface area (Å²) in [4.78, 5) is 29.9. The van der Waals surface area contributed by atoms with E-state index in [1.54, 1.807) is 122 Å². The first-order chi connectivity index (χ1) is 30.0. The van der Waals surface area contributed by atoms with Crippen LogP contribution in [0.4, 0.5) is 5.69 Å². The molecule has 17 heteroatoms. The number of rotatable bonds is 14. The van der Waals surface area contributed by atoms with Gasteiger partial charge in [-0.3, -0.25) is 25.3 Å². The molecule has 0 saturated heterocycles. The number of carbonyl (C=O) groups is 1. The summed E-state index contributed by atoms with van der Waals surface area (Å²) >= 11 is 0. The molecule has 0 saturated carbocycles. The molecule has 3 N–H and O–H groups in total. The molecule has 6 aromatic rings. The van der Waals surface area contributed by atoms with Gasteiger partial charge in [0.2, 0.25) is 20.0 Å². The maximum absolute atomic E-state index is 15.3. The van der Waals surface area contributed by atoms with Crippen LogP contribution in [0, 0.1) is 5.41 Å². The molecule has 0 atom stereocenters. The van der Waals surface area contributed by atoms with Crippen LogP contribution in [0.1, 0.15) is 33.1 Å². The summed E-state index contributed by atoms with van der Waals surface area (Å²) in [5.41, 5.74) is 8.57. The van der Waals surface area contributed by atoms with E-state index in [4.69, 9.17) is 14.9 Å². The zero-order valence-corrected chi connectivity index (χ0v) is 34.8. The normalized spacial score (nSPS) is 12.0. The zero-order valence-electron chi connectivity index (χ0n) is 33.1. The van der Waals surface area contributed by atoms with Gasteiger partial charge in [-0.1, -0.05) is 42.5 Å². The SMILES string of the molecule is COC(=O)c1ccccc1-c1c2ccc(=N)c(S(=O)(=O)N(Cc3ccccn3)Cc3ccccn3)c-2oc2c(S(=O)(=O)N(Cc3ccccn3)Cc3ccccn3)c(N)ccc12. The van der Waals surface area contributed by atoms with Gasteiger partial charge in [0.25, 0.3) is 0 Å². The van der Waals surface area contributed by atoms with Gasteiger partial charge in [-0.05, 0) is 84.4 Å². The maximum atomic E-state index is 15.3. The lowest BCUT2D eigenvalue weighted by Crippen LogP contribution is -2.34. The van der Waals surface area contributed by atoms with Crippen LogP contribution in [0.25, 0.3) is 33.4 Å². The lowest BCUT2D eigenvalue weighted by molar-refractivity contribution is 0.0601. The van der Waals surface area contributed by atoms with E-state index < -0.39 is 41.2 Å². The fraction of sp³-hybridized carbons (Fsp3) is 0.111. The molecule has 15 nitrogen and oxygen atoms in total. The molecule has 1 aliphatic heterocycles. The first-order valence-electron chi connectivity index (χ1n) is 19.1. The number of hydrogen-bond acceptors (Lipinski definition) is 13. The van der Waals surface area contributed by atoms with Crippen LogP contribution in [-0.4, -0.2) is 58.5 Å². The molecular formula is C45H38N8O7S2. The number of nitrogens with zero attached hydrogens (tertiary/aromatic N) is 6. The number of fused-ring (bicyclic) bond motifs is 2. The van der Waals surface area contributed by atoms with Crippen LogP contribution in [0.3, 0.4) is 0 Å². The van der Waals surface area contributed by atoms with Crippen molar-refractivity contribution in [2.45, 2.75) is 36.0 Å². The van der Waals surface area contributed by atoms with Gasteiger partial charge >= 0.3 is 5.97 Å². The van der Waals surface area contributed by atoms with Gasteiger partial charge in [0.1, 0.15) is 4.90 Å². The van der Waals surface area contributed by atoms with Crippen molar-refractivity contribution in [1.82, 2.24) is 28.5 Å². The topological polar surface area (TPSA) is 216 Å². The molecule has 0 bridgehead atoms. The van der Waals surface area contributed by atoms with Crippen molar-refractivity contribution in [3.05, 3.63) is 180 Å². The van der Waals surface area contributed by atoms with Crippen LogP contribution >= 0.6 is 0 Å². The van der Waals surface area contributed by atoms with Crippen molar-refractivity contribution in [3.63, 3.8) is 0 Å². The summed E-state index contributed by atoms with van der Waals surface area (Å²) < 4.78 is 75.3. The molecular weight excluding hydrogens is 829 g/mol. The molecule has 0 radical (unpaired) electrons. The summed E-state index contributed by atoms with van der Waals surface area (Å²) in [5, 5.41) is 8.92. The largest absolute Gasteiger partial charge is 0.465 e. The number of anilines is 1. The van der Waals surface area contributed by atoms with E-state index in [1.165, 1.54) is 31.4 Å². The number of esters is 1. The number of aromatic nitrogens is 4. The Hall–Kier alpha value is -7.18. The number of ether oxygens (including phenoxy) is 1. The molecule has 0 fully saturated rings. The first kappa shape index (κ1) is 41.5. The van der Waals surface area contributed by atoms with Crippen molar-refractivity contribution in [2.75, 3.05) is 12.8 Å². The predicted octanol–water partition coefficient (Wildman–Crippen LogP) is 6.42. The van der Waals surface area contributed by atoms with Gasteiger partial charge < -0.3 is 14.9 Å². The van der Waals surface area contributed by atoms with Crippen LogP contribution in [0.5, 0.6) is 0 Å². The monoisotopic (exact) mass is 866 g/mol. The Balaban J connectivity index is 1.44. The summed E-state index contributed by atoms with van der Waals surface area (Å²) in [6.45, 7) is -0.838. The number of nitrogens with two attached hydrogens (primary N) is 1. The van der Waals surface area contributed by atoms with Gasteiger partial charge in [-0.15, -0.1) is 0 Å². The number of nitrogens with one attached hydrogen (secondary N) is 1. The number of pyridine rings is 4. The van der Waals surface area contributed by atoms with Crippen molar-refractivity contribution >= 4 is 42.7 Å². The van der Waals surface area contributed by atoms with E-state index in [1.807, 2.05) is 0 Å². The smallest absolute Gasteiger partial charge is 0.338 e. The summed E-state index contributed by atoms with van der Waals surface area (Å²) in [6, 6.07) is 32.7. The predicted molar refractivity (Wildman–Crippen MR) is 230 cm³/mol. The first-order valence-corrected chi connectivity index (χ1v) is 22.0. The third-order valence-electron chi connectivity index (χ3n) is 10.1. The van der Waals surface area contributed by atoms with Crippen molar-refractivity contribution in [2.24, 2.45) is 0 Å². The van der Waals surface area contributed by atoms with Crippen molar-refractivity contribution in [1.29, 1.82) is 5.41 Å². The second kappa shape index (κ2) is 17.4. The molecule has 8 rings (SSSR count). The molecule has 312 valence electrons. The molecule has 4 aromatic heterocycles. The highest BCUT2D eigenvalue weighted by atomic mass is 32.2. The average molecular weight is 867 g/mol. The highest BCUT2D eigenvalue weighted by molar-refractivity contribution is 7.89. The van der Waals surface area contributed by atoms with Crippen LogP contribution in [-0.2, 0) is 51.0 Å². The number of benzene rings is 3. The Bertz CT molecular complexity index is 3080. The molecule has 1 aliphatic carbocycles. The zero-order chi connectivity index (χ0) is 43.4. The standard InChI is InChI=1S/C45H38N8O7S2/c1-59-45(54)35-17-3-2-16-34(35)40-36-18-20-38(46)43(61(55,56)52(26-30-12-4-8-22-48-30)27-31-13-5-9-23-49-31)41(36)60-42-37(40)19-21-39(47)44(42)62(57,58)53(28-32-14-6-10-24-50-32)29-33-15-7-11-25-51-33/h2-25,46H,26-29,47H2,1H3. The highest BCUT2D eigenvalue weighted by Crippen LogP contribution is 2.47. The lowest BCUT2D eigenvalue weighted by atomic mass is 9.90. The van der Waals surface area contributed by atoms with Gasteiger partial charge in [-0.25, -0.2) is 21.6 Å². The van der Waals surface area contributed by atoms with Gasteiger partial charge in [-0.2, -0.15) is 8.61 Å². The summed E-state index contributed by atoms with van der Waals surface area (Å²) in [5.74, 6) is -1.06. The molecule has 0 spiro atoms. The van der Waals surface area contributed by atoms with E-state index in [0.717, 1.165) is 8.61 Å². The number of nitrogen functional groups attached to an aromatic ring is 1. The molecule has 0 amide bonds. The number of methoxy groups -OCH3 is 1. The lowest BCUT2D eigenvalue weighted by Gasteiger charge is -2.26. The van der Waals surface area contributed by atoms with Crippen LogP contribution in [0.2, 0.25) is 0 Å². The van der Waals surface area contributed by atoms with Crippen LogP contribution in [0.15, 0.2) is 160 Å². The fourth-order valence-corrected chi connectivity index (χ4v) is 10.4. The Kier molecular flexibility index (Phi) is 11.7. The fourth-order valence-electron chi connectivity index (χ4n) is 7.18. The Morgan fingerprint density at radius 1 is 0.613 bits per heavy atom. The quantitative estimate of drug-likeness (QED) is 0.0689. The molecule has 0 unspecified atom stereocenters. The molecule has 62 heavy (non-hydrogen) atoms. The Morgan fingerprint density at radius 2 is 1.08 bits per heavy atom. The maximum Gasteiger partial charge on any atom is 0.338 e. The molecule has 5 heterocycles. The minimum atomic E-state index is -4.74. The summed E-state index contributed by atoms with van der Waals surface area (Å²) in [7, 11) is -8.20. The van der Waals surface area contributed by atoms with E-state index in [0.29, 0.717) is 22.8 Å². The number of carbonyl (C=O) groups excluding carboxylic acids is 1. The van der Waals surface area contributed by atoms with Crippen molar-refractivity contribution in [3.8, 4) is 22.5 Å². The minimum absolute atomic E-state index is 0.100. The second-order valence-corrected chi connectivity index (χ2v) is 17.8. The number of sulfonamides is 2. The molecule has 2 aliphatic rings. The second-order valence-electron chi connectivity index (χ2n) is 14.0. The average Bonchev–Trinajstić information content (AvgIpc) is 3.28. The van der Waals surface area contributed by atoms with Gasteiger partial charge in [0.15, 0.2) is 16.2 Å². The Labute approximate surface area is 357 Å². The van der Waals surface area contributed by atoms with E-state index in [-0.39, 0.29) is 70.8 Å². The third kappa shape index (κ3) is 8.16. The third-order valence-corrected chi connectivity index (χ3v) is 13.8. The van der Waals surface area contributed by atoms with Gasteiger partial charge in [0.05, 0.1) is 72.7 Å². The van der Waals surface area contributed by atoms with E-state index >= 15 is 16.8 Å². The highest BCUT2D eigenvalue weighted by Gasteiger charge is 2.37. The van der Waals surface area contributed by atoms with Gasteiger partial charge in [0, 0.05) is 41.3 Å². The molecule has 2 aromatic carbocycles. The van der Waals surface area contributed by atoms with E-state index in [9.17, 15) is 10.2 Å². The summed E-state index contributed by atoms with van der Waals surface area (Å²) in [6.07, 6.45) is 6.17. The Morgan fingerprint density at radius 3 is 1.55 bits per heavy atom.